The largest absolute Gasteiger partial charge is 0.494 e. The number of anilines is 1. The lowest BCUT2D eigenvalue weighted by atomic mass is 10.1. The number of methoxy groups -OCH3 is 1. The van der Waals surface area contributed by atoms with Gasteiger partial charge in [0.25, 0.3) is 0 Å². The van der Waals surface area contributed by atoms with Gasteiger partial charge in [0.2, 0.25) is 11.8 Å². The number of amides is 2. The number of benzene rings is 1. The number of carbonyl (C=O) groups excluding carboxylic acids is 2. The molecule has 0 aliphatic carbocycles. The summed E-state index contributed by atoms with van der Waals surface area (Å²) >= 11 is 0. The molecule has 2 amide bonds. The highest BCUT2D eigenvalue weighted by molar-refractivity contribution is 5.97. The van der Waals surface area contributed by atoms with Crippen molar-refractivity contribution in [1.29, 1.82) is 0 Å². The molecule has 1 aromatic carbocycles. The van der Waals surface area contributed by atoms with E-state index in [0.29, 0.717) is 23.9 Å². The lowest BCUT2D eigenvalue weighted by Crippen LogP contribution is -2.33. The Morgan fingerprint density at radius 3 is 2.71 bits per heavy atom. The van der Waals surface area contributed by atoms with E-state index < -0.39 is 0 Å². The molecular weight excluding hydrogens is 394 g/mol. The van der Waals surface area contributed by atoms with Crippen molar-refractivity contribution in [3.05, 3.63) is 41.6 Å². The van der Waals surface area contributed by atoms with Crippen LogP contribution in [0.15, 0.2) is 30.3 Å². The first-order valence-electron chi connectivity index (χ1n) is 10.4. The average molecular weight is 422 g/mol. The number of hydrogen-bond donors (Lipinski definition) is 1. The van der Waals surface area contributed by atoms with Crippen molar-refractivity contribution in [2.75, 3.05) is 19.0 Å². The number of ether oxygens (including phenoxy) is 1. The summed E-state index contributed by atoms with van der Waals surface area (Å²) in [6.45, 7) is 8.21. The third-order valence-corrected chi connectivity index (χ3v) is 5.67. The van der Waals surface area contributed by atoms with E-state index in [-0.39, 0.29) is 30.2 Å². The van der Waals surface area contributed by atoms with Crippen molar-refractivity contribution < 1.29 is 14.3 Å². The van der Waals surface area contributed by atoms with E-state index in [0.717, 1.165) is 22.2 Å². The molecule has 1 unspecified atom stereocenters. The van der Waals surface area contributed by atoms with E-state index in [1.165, 1.54) is 0 Å². The summed E-state index contributed by atoms with van der Waals surface area (Å²) in [5.41, 5.74) is 2.51. The number of carbonyl (C=O) groups is 2. The lowest BCUT2D eigenvalue weighted by Gasteiger charge is -2.20. The van der Waals surface area contributed by atoms with Crippen LogP contribution in [-0.2, 0) is 9.59 Å². The van der Waals surface area contributed by atoms with Crippen LogP contribution in [0.5, 0.6) is 5.75 Å². The van der Waals surface area contributed by atoms with Crippen molar-refractivity contribution in [2.24, 2.45) is 5.92 Å². The molecule has 0 bridgehead atoms. The Morgan fingerprint density at radius 2 is 2.03 bits per heavy atom. The van der Waals surface area contributed by atoms with Crippen LogP contribution < -0.4 is 10.1 Å². The molecule has 3 aromatic rings. The van der Waals surface area contributed by atoms with Crippen LogP contribution in [0.1, 0.15) is 31.5 Å². The number of likely N-dealkylation sites (tertiary alicyclic amines) is 1. The quantitative estimate of drug-likeness (QED) is 0.683. The maximum atomic E-state index is 12.9. The van der Waals surface area contributed by atoms with Crippen LogP contribution in [0.3, 0.4) is 0 Å². The third kappa shape index (κ3) is 3.85. The van der Waals surface area contributed by atoms with Crippen molar-refractivity contribution in [1.82, 2.24) is 19.7 Å². The Labute approximate surface area is 181 Å². The molecule has 1 aliphatic rings. The molecule has 2 aromatic heterocycles. The minimum Gasteiger partial charge on any atom is -0.494 e. The van der Waals surface area contributed by atoms with Crippen LogP contribution in [0.4, 0.5) is 5.82 Å². The summed E-state index contributed by atoms with van der Waals surface area (Å²) in [6.07, 6.45) is 0.224. The summed E-state index contributed by atoms with van der Waals surface area (Å²) in [4.78, 5) is 31.6. The Balaban J connectivity index is 1.67. The first kappa shape index (κ1) is 20.8. The molecule has 1 fully saturated rings. The Bertz CT molecular complexity index is 1170. The molecule has 3 heterocycles. The van der Waals surface area contributed by atoms with Crippen LogP contribution in [0.2, 0.25) is 0 Å². The molecule has 8 heteroatoms. The van der Waals surface area contributed by atoms with E-state index in [2.05, 4.69) is 10.4 Å². The fraction of sp³-hybridized carbons (Fsp3) is 0.391. The number of nitrogens with zero attached hydrogens (tertiary/aromatic N) is 4. The van der Waals surface area contributed by atoms with Gasteiger partial charge in [0.05, 0.1) is 18.7 Å². The molecule has 0 radical (unpaired) electrons. The topological polar surface area (TPSA) is 89.3 Å². The van der Waals surface area contributed by atoms with Gasteiger partial charge in [0.1, 0.15) is 17.1 Å². The van der Waals surface area contributed by atoms with Gasteiger partial charge in [-0.15, -0.1) is 0 Å². The Hall–Kier alpha value is -3.42. The number of aryl methyl sites for hydroxylation is 2. The van der Waals surface area contributed by atoms with Gasteiger partial charge >= 0.3 is 0 Å². The van der Waals surface area contributed by atoms with Crippen molar-refractivity contribution in [2.45, 2.75) is 40.2 Å². The van der Waals surface area contributed by atoms with E-state index in [4.69, 9.17) is 9.72 Å². The third-order valence-electron chi connectivity index (χ3n) is 5.67. The fourth-order valence-electron chi connectivity index (χ4n) is 4.04. The molecule has 8 nitrogen and oxygen atoms in total. The second-order valence-corrected chi connectivity index (χ2v) is 8.27. The maximum Gasteiger partial charge on any atom is 0.230 e. The minimum atomic E-state index is -0.384. The Morgan fingerprint density at radius 1 is 1.26 bits per heavy atom. The zero-order valence-corrected chi connectivity index (χ0v) is 18.5. The number of rotatable bonds is 5. The molecule has 0 spiro atoms. The monoisotopic (exact) mass is 421 g/mol. The number of nitrogens with one attached hydrogen (secondary N) is 1. The molecule has 162 valence electrons. The minimum absolute atomic E-state index is 0.0127. The number of para-hydroxylation sites is 1. The summed E-state index contributed by atoms with van der Waals surface area (Å²) in [7, 11) is 1.62. The standard InChI is InChI=1S/C23H27N5O3/c1-13(2)27-12-16(11-21(27)29)23(30)25-20-10-15(4)26-28(20)19-9-14(3)17-7-6-8-18(31-5)22(17)24-19/h6-10,13,16H,11-12H2,1-5H3,(H,25,30). The van der Waals surface area contributed by atoms with E-state index in [1.54, 1.807) is 22.8 Å². The van der Waals surface area contributed by atoms with Gasteiger partial charge in [-0.3, -0.25) is 9.59 Å². The second kappa shape index (κ2) is 8.02. The molecule has 31 heavy (non-hydrogen) atoms. The van der Waals surface area contributed by atoms with Crippen LogP contribution in [-0.4, -0.2) is 51.2 Å². The van der Waals surface area contributed by atoms with Gasteiger partial charge in [-0.1, -0.05) is 12.1 Å². The molecule has 0 saturated carbocycles. The van der Waals surface area contributed by atoms with E-state index >= 15 is 0 Å². The predicted molar refractivity (Wildman–Crippen MR) is 118 cm³/mol. The molecule has 4 rings (SSSR count). The van der Waals surface area contributed by atoms with Gasteiger partial charge < -0.3 is 15.0 Å². The van der Waals surface area contributed by atoms with E-state index in [9.17, 15) is 9.59 Å². The first-order valence-corrected chi connectivity index (χ1v) is 10.4. The normalized spacial score (nSPS) is 16.4. The number of pyridine rings is 1. The Kier molecular flexibility index (Phi) is 5.39. The highest BCUT2D eigenvalue weighted by atomic mass is 16.5. The van der Waals surface area contributed by atoms with Gasteiger partial charge in [-0.2, -0.15) is 9.78 Å². The summed E-state index contributed by atoms with van der Waals surface area (Å²) in [5, 5.41) is 8.50. The van der Waals surface area contributed by atoms with Crippen LogP contribution >= 0.6 is 0 Å². The van der Waals surface area contributed by atoms with Crippen molar-refractivity contribution in [3.63, 3.8) is 0 Å². The average Bonchev–Trinajstić information content (AvgIpc) is 3.30. The predicted octanol–water partition coefficient (Wildman–Crippen LogP) is 3.24. The number of aromatic nitrogens is 3. The first-order chi connectivity index (χ1) is 14.8. The summed E-state index contributed by atoms with van der Waals surface area (Å²) in [5.74, 6) is 1.23. The smallest absolute Gasteiger partial charge is 0.230 e. The highest BCUT2D eigenvalue weighted by Gasteiger charge is 2.35. The SMILES string of the molecule is COc1cccc2c(C)cc(-n3nc(C)cc3NC(=O)C3CC(=O)N(C(C)C)C3)nc12. The molecule has 1 atom stereocenters. The lowest BCUT2D eigenvalue weighted by molar-refractivity contribution is -0.129. The zero-order valence-electron chi connectivity index (χ0n) is 18.5. The number of hydrogen-bond acceptors (Lipinski definition) is 5. The molecule has 1 saturated heterocycles. The molecule has 1 N–H and O–H groups in total. The second-order valence-electron chi connectivity index (χ2n) is 8.27. The van der Waals surface area contributed by atoms with Gasteiger partial charge in [0.15, 0.2) is 5.82 Å². The zero-order chi connectivity index (χ0) is 22.3. The number of fused-ring (bicyclic) bond motifs is 1. The highest BCUT2D eigenvalue weighted by Crippen LogP contribution is 2.29. The van der Waals surface area contributed by atoms with Gasteiger partial charge in [-0.05, 0) is 45.4 Å². The fourth-order valence-corrected chi connectivity index (χ4v) is 4.04. The van der Waals surface area contributed by atoms with Gasteiger partial charge in [0, 0.05) is 30.5 Å². The summed E-state index contributed by atoms with van der Waals surface area (Å²) in [6, 6.07) is 9.62. The van der Waals surface area contributed by atoms with Crippen molar-refractivity contribution in [3.8, 4) is 11.6 Å². The van der Waals surface area contributed by atoms with E-state index in [1.807, 2.05) is 52.0 Å². The van der Waals surface area contributed by atoms with Gasteiger partial charge in [-0.25, -0.2) is 4.98 Å². The molecular formula is C23H27N5O3. The van der Waals surface area contributed by atoms with Crippen LogP contribution in [0, 0.1) is 19.8 Å². The molecule has 1 aliphatic heterocycles. The summed E-state index contributed by atoms with van der Waals surface area (Å²) < 4.78 is 7.11. The maximum absolute atomic E-state index is 12.9. The van der Waals surface area contributed by atoms with Crippen molar-refractivity contribution >= 4 is 28.5 Å². The van der Waals surface area contributed by atoms with Crippen LogP contribution in [0.25, 0.3) is 16.7 Å².